The highest BCUT2D eigenvalue weighted by Crippen LogP contribution is 2.42. The fourth-order valence-corrected chi connectivity index (χ4v) is 4.93. The predicted octanol–water partition coefficient (Wildman–Crippen LogP) is 3.62. The van der Waals surface area contributed by atoms with Crippen LogP contribution in [0.2, 0.25) is 0 Å². The third kappa shape index (κ3) is 4.03. The summed E-state index contributed by atoms with van der Waals surface area (Å²) in [5.41, 5.74) is 2.98. The first kappa shape index (κ1) is 20.3. The second-order valence-corrected chi connectivity index (χ2v) is 10.4. The van der Waals surface area contributed by atoms with Crippen LogP contribution in [0.1, 0.15) is 43.9 Å². The van der Waals surface area contributed by atoms with Crippen molar-refractivity contribution in [1.82, 2.24) is 10.0 Å². The molecule has 1 heterocycles. The van der Waals surface area contributed by atoms with E-state index in [1.165, 1.54) is 0 Å². The zero-order valence-electron chi connectivity index (χ0n) is 17.3. The second-order valence-electron chi connectivity index (χ2n) is 8.67. The molecule has 0 saturated heterocycles. The van der Waals surface area contributed by atoms with E-state index in [-0.39, 0.29) is 22.1 Å². The number of nitrogens with zero attached hydrogens (tertiary/aromatic N) is 1. The number of ketones is 1. The lowest BCUT2D eigenvalue weighted by atomic mass is 9.73. The first-order chi connectivity index (χ1) is 14.1. The van der Waals surface area contributed by atoms with Gasteiger partial charge in [0.15, 0.2) is 5.78 Å². The Morgan fingerprint density at radius 2 is 1.70 bits per heavy atom. The van der Waals surface area contributed by atoms with Crippen LogP contribution in [-0.4, -0.2) is 20.2 Å². The average molecular weight is 424 g/mol. The summed E-state index contributed by atoms with van der Waals surface area (Å²) < 4.78 is 28.4. The molecule has 2 aromatic rings. The van der Waals surface area contributed by atoms with Crippen molar-refractivity contribution in [2.24, 2.45) is 10.4 Å². The van der Waals surface area contributed by atoms with Crippen molar-refractivity contribution < 1.29 is 13.2 Å². The molecule has 0 amide bonds. The van der Waals surface area contributed by atoms with E-state index in [4.69, 9.17) is 0 Å². The van der Waals surface area contributed by atoms with Gasteiger partial charge in [0.05, 0.1) is 4.90 Å². The van der Waals surface area contributed by atoms with Gasteiger partial charge in [-0.3, -0.25) is 4.79 Å². The van der Waals surface area contributed by atoms with Gasteiger partial charge in [0, 0.05) is 17.7 Å². The molecule has 0 aromatic heterocycles. The van der Waals surface area contributed by atoms with Crippen molar-refractivity contribution >= 4 is 21.8 Å². The van der Waals surface area contributed by atoms with Crippen LogP contribution in [0, 0.1) is 12.3 Å². The lowest BCUT2D eigenvalue weighted by Gasteiger charge is -2.37. The van der Waals surface area contributed by atoms with Gasteiger partial charge in [0.2, 0.25) is 5.96 Å². The quantitative estimate of drug-likeness (QED) is 0.789. The van der Waals surface area contributed by atoms with Crippen molar-refractivity contribution in [2.45, 2.75) is 44.6 Å². The molecule has 2 N–H and O–H groups in total. The maximum Gasteiger partial charge on any atom is 0.264 e. The van der Waals surface area contributed by atoms with Gasteiger partial charge in [-0.1, -0.05) is 61.9 Å². The second kappa shape index (κ2) is 7.40. The fourth-order valence-electron chi connectivity index (χ4n) is 3.96. The molecular weight excluding hydrogens is 398 g/mol. The van der Waals surface area contributed by atoms with Crippen molar-refractivity contribution in [3.63, 3.8) is 0 Å². The molecule has 1 unspecified atom stereocenters. The Hall–Kier alpha value is -2.93. The van der Waals surface area contributed by atoms with E-state index in [0.29, 0.717) is 18.4 Å². The smallest absolute Gasteiger partial charge is 0.264 e. The van der Waals surface area contributed by atoms with E-state index in [1.807, 2.05) is 51.1 Å². The minimum atomic E-state index is -3.81. The SMILES string of the molecule is Cc1ccc(S(=O)(=O)NC2=NC(c3ccccc3)C3=C(CC(C)(C)CC3=O)N2)cc1. The van der Waals surface area contributed by atoms with Crippen molar-refractivity contribution in [1.29, 1.82) is 0 Å². The van der Waals surface area contributed by atoms with Gasteiger partial charge in [-0.05, 0) is 36.5 Å². The minimum Gasteiger partial charge on any atom is -0.329 e. The van der Waals surface area contributed by atoms with Gasteiger partial charge in [0.1, 0.15) is 6.04 Å². The van der Waals surface area contributed by atoms with Gasteiger partial charge >= 0.3 is 0 Å². The van der Waals surface area contributed by atoms with Gasteiger partial charge in [-0.2, -0.15) is 0 Å². The van der Waals surface area contributed by atoms with E-state index in [2.05, 4.69) is 15.0 Å². The van der Waals surface area contributed by atoms with Crippen LogP contribution in [-0.2, 0) is 14.8 Å². The Kier molecular flexibility index (Phi) is 5.02. The summed E-state index contributed by atoms with van der Waals surface area (Å²) in [6.07, 6.45) is 1.08. The lowest BCUT2D eigenvalue weighted by molar-refractivity contribution is -0.118. The Balaban J connectivity index is 1.73. The van der Waals surface area contributed by atoms with Crippen LogP contribution in [0.25, 0.3) is 0 Å². The molecule has 6 nitrogen and oxygen atoms in total. The van der Waals surface area contributed by atoms with E-state index >= 15 is 0 Å². The number of nitrogens with one attached hydrogen (secondary N) is 2. The summed E-state index contributed by atoms with van der Waals surface area (Å²) in [7, 11) is -3.81. The number of hydrogen-bond donors (Lipinski definition) is 2. The number of aliphatic imine (C=N–C) groups is 1. The number of guanidine groups is 1. The largest absolute Gasteiger partial charge is 0.329 e. The standard InChI is InChI=1S/C23H25N3O3S/c1-15-9-11-17(12-10-15)30(28,29)26-22-24-18-13-23(2,3)14-19(27)20(18)21(25-22)16-7-5-4-6-8-16/h4-12,21H,13-14H2,1-3H3,(H2,24,25,26). The summed E-state index contributed by atoms with van der Waals surface area (Å²) in [6, 6.07) is 15.6. The molecule has 2 aliphatic rings. The van der Waals surface area contributed by atoms with Crippen LogP contribution >= 0.6 is 0 Å². The van der Waals surface area contributed by atoms with Crippen molar-refractivity contribution in [3.05, 3.63) is 77.0 Å². The van der Waals surface area contributed by atoms with Gasteiger partial charge < -0.3 is 5.32 Å². The third-order valence-corrected chi connectivity index (χ3v) is 6.75. The number of rotatable bonds is 3. The van der Waals surface area contributed by atoms with Gasteiger partial charge in [0.25, 0.3) is 10.0 Å². The topological polar surface area (TPSA) is 87.6 Å². The highest BCUT2D eigenvalue weighted by atomic mass is 32.2. The maximum atomic E-state index is 13.0. The van der Waals surface area contributed by atoms with E-state index in [0.717, 1.165) is 16.8 Å². The summed E-state index contributed by atoms with van der Waals surface area (Å²) >= 11 is 0. The number of carbonyl (C=O) groups is 1. The number of sulfonamides is 1. The third-order valence-electron chi connectivity index (χ3n) is 5.40. The van der Waals surface area contributed by atoms with E-state index in [9.17, 15) is 13.2 Å². The number of aryl methyl sites for hydroxylation is 1. The molecule has 0 saturated carbocycles. The summed E-state index contributed by atoms with van der Waals surface area (Å²) in [5.74, 6) is 0.181. The molecule has 0 fully saturated rings. The van der Waals surface area contributed by atoms with Crippen molar-refractivity contribution in [2.75, 3.05) is 0 Å². The van der Waals surface area contributed by atoms with E-state index < -0.39 is 16.1 Å². The molecule has 0 spiro atoms. The summed E-state index contributed by atoms with van der Waals surface area (Å²) in [4.78, 5) is 17.7. The molecule has 2 aromatic carbocycles. The Morgan fingerprint density at radius 1 is 1.03 bits per heavy atom. The van der Waals surface area contributed by atoms with Gasteiger partial charge in [-0.25, -0.2) is 18.1 Å². The number of allylic oxidation sites excluding steroid dienone is 1. The molecule has 0 bridgehead atoms. The fraction of sp³-hybridized carbons (Fsp3) is 0.304. The number of hydrogen-bond acceptors (Lipinski definition) is 5. The van der Waals surface area contributed by atoms with Crippen LogP contribution in [0.5, 0.6) is 0 Å². The molecule has 1 atom stereocenters. The Bertz CT molecular complexity index is 1150. The highest BCUT2D eigenvalue weighted by molar-refractivity contribution is 7.90. The monoisotopic (exact) mass is 423 g/mol. The minimum absolute atomic E-state index is 0.0480. The van der Waals surface area contributed by atoms with Crippen molar-refractivity contribution in [3.8, 4) is 0 Å². The van der Waals surface area contributed by atoms with Crippen LogP contribution in [0.15, 0.2) is 75.8 Å². The van der Waals surface area contributed by atoms with Crippen LogP contribution in [0.3, 0.4) is 0 Å². The zero-order valence-corrected chi connectivity index (χ0v) is 18.1. The number of Topliss-reactive ketones (excluding diaryl/α,β-unsaturated/α-hetero) is 1. The maximum absolute atomic E-state index is 13.0. The highest BCUT2D eigenvalue weighted by Gasteiger charge is 2.39. The van der Waals surface area contributed by atoms with Crippen LogP contribution in [0.4, 0.5) is 0 Å². The number of benzene rings is 2. The van der Waals surface area contributed by atoms with Gasteiger partial charge in [-0.15, -0.1) is 0 Å². The summed E-state index contributed by atoms with van der Waals surface area (Å²) in [6.45, 7) is 5.97. The predicted molar refractivity (Wildman–Crippen MR) is 116 cm³/mol. The normalized spacial score (nSPS) is 20.8. The molecule has 7 heteroatoms. The molecular formula is C23H25N3O3S. The first-order valence-corrected chi connectivity index (χ1v) is 11.4. The molecule has 0 radical (unpaired) electrons. The van der Waals surface area contributed by atoms with Crippen LogP contribution < -0.4 is 10.0 Å². The van der Waals surface area contributed by atoms with E-state index in [1.54, 1.807) is 24.3 Å². The molecule has 30 heavy (non-hydrogen) atoms. The molecule has 4 rings (SSSR count). The molecule has 156 valence electrons. The zero-order chi connectivity index (χ0) is 21.5. The molecule has 1 aliphatic carbocycles. The lowest BCUT2D eigenvalue weighted by Crippen LogP contribution is -2.46. The molecule has 1 aliphatic heterocycles. The number of carbonyl (C=O) groups excluding carboxylic acids is 1. The first-order valence-electron chi connectivity index (χ1n) is 9.90. The average Bonchev–Trinajstić information content (AvgIpc) is 2.67. The Labute approximate surface area is 177 Å². The summed E-state index contributed by atoms with van der Waals surface area (Å²) in [5, 5.41) is 3.10. The Morgan fingerprint density at radius 3 is 2.37 bits per heavy atom.